The fraction of sp³-hybridized carbons (Fsp3) is 0.200. The number of aromatic nitrogens is 3. The number of hydrogen-bond donors (Lipinski definition) is 1. The van der Waals surface area contributed by atoms with E-state index in [0.717, 1.165) is 22.8 Å². The predicted octanol–water partition coefficient (Wildman–Crippen LogP) is 3.46. The fourth-order valence-electron chi connectivity index (χ4n) is 2.01. The van der Waals surface area contributed by atoms with E-state index in [4.69, 9.17) is 0 Å². The second kappa shape index (κ2) is 5.46. The van der Waals surface area contributed by atoms with Gasteiger partial charge in [0.05, 0.1) is 6.20 Å². The molecule has 2 aromatic heterocycles. The Morgan fingerprint density at radius 1 is 1.25 bits per heavy atom. The van der Waals surface area contributed by atoms with Gasteiger partial charge in [-0.05, 0) is 31.2 Å². The number of aryl methyl sites for hydroxylation is 1. The highest BCUT2D eigenvalue weighted by Crippen LogP contribution is 2.23. The molecule has 3 rings (SSSR count). The standard InChI is InChI=1S/C15H16N4S/c1-11-13(10-18-19(11)2)9-17-14-5-3-12(4-6-14)15-16-7-8-20-15/h3-8,10,17H,9H2,1-2H3. The van der Waals surface area contributed by atoms with Crippen LogP contribution in [0.1, 0.15) is 11.3 Å². The molecule has 0 aliphatic rings. The first-order valence-electron chi connectivity index (χ1n) is 6.45. The van der Waals surface area contributed by atoms with Gasteiger partial charge in [-0.1, -0.05) is 0 Å². The molecule has 0 aliphatic heterocycles. The summed E-state index contributed by atoms with van der Waals surface area (Å²) in [6, 6.07) is 8.36. The Morgan fingerprint density at radius 2 is 2.05 bits per heavy atom. The first-order valence-corrected chi connectivity index (χ1v) is 7.33. The van der Waals surface area contributed by atoms with Crippen molar-refractivity contribution in [3.05, 3.63) is 53.3 Å². The monoisotopic (exact) mass is 284 g/mol. The molecule has 3 aromatic rings. The largest absolute Gasteiger partial charge is 0.381 e. The molecule has 4 nitrogen and oxygen atoms in total. The SMILES string of the molecule is Cc1c(CNc2ccc(-c3nccs3)cc2)cnn1C. The Morgan fingerprint density at radius 3 is 2.65 bits per heavy atom. The van der Waals surface area contributed by atoms with E-state index >= 15 is 0 Å². The molecule has 1 N–H and O–H groups in total. The van der Waals surface area contributed by atoms with E-state index in [1.165, 1.54) is 11.3 Å². The van der Waals surface area contributed by atoms with E-state index in [2.05, 4.69) is 46.6 Å². The third-order valence-corrected chi connectivity index (χ3v) is 4.21. The summed E-state index contributed by atoms with van der Waals surface area (Å²) < 4.78 is 1.89. The molecule has 0 bridgehead atoms. The average Bonchev–Trinajstić information content (AvgIpc) is 3.10. The van der Waals surface area contributed by atoms with Gasteiger partial charge in [-0.2, -0.15) is 5.10 Å². The lowest BCUT2D eigenvalue weighted by atomic mass is 10.2. The molecular formula is C15H16N4S. The molecular weight excluding hydrogens is 268 g/mol. The molecule has 0 spiro atoms. The molecule has 20 heavy (non-hydrogen) atoms. The minimum Gasteiger partial charge on any atom is -0.381 e. The summed E-state index contributed by atoms with van der Waals surface area (Å²) >= 11 is 1.65. The van der Waals surface area contributed by atoms with Gasteiger partial charge in [0.25, 0.3) is 0 Å². The van der Waals surface area contributed by atoms with Gasteiger partial charge in [-0.15, -0.1) is 11.3 Å². The highest BCUT2D eigenvalue weighted by molar-refractivity contribution is 7.13. The molecule has 0 radical (unpaired) electrons. The van der Waals surface area contributed by atoms with Gasteiger partial charge in [0.2, 0.25) is 0 Å². The number of thiazole rings is 1. The van der Waals surface area contributed by atoms with Gasteiger partial charge in [-0.3, -0.25) is 4.68 Å². The summed E-state index contributed by atoms with van der Waals surface area (Å²) in [4.78, 5) is 4.31. The van der Waals surface area contributed by atoms with Gasteiger partial charge in [-0.25, -0.2) is 4.98 Å². The van der Waals surface area contributed by atoms with Crippen molar-refractivity contribution in [2.24, 2.45) is 7.05 Å². The maximum atomic E-state index is 4.31. The molecule has 0 saturated heterocycles. The quantitative estimate of drug-likeness (QED) is 0.797. The Bertz CT molecular complexity index is 683. The lowest BCUT2D eigenvalue weighted by molar-refractivity contribution is 0.738. The topological polar surface area (TPSA) is 42.7 Å². The number of anilines is 1. The van der Waals surface area contributed by atoms with Gasteiger partial charge in [0.1, 0.15) is 5.01 Å². The van der Waals surface area contributed by atoms with E-state index in [0.29, 0.717) is 0 Å². The smallest absolute Gasteiger partial charge is 0.123 e. The first-order chi connectivity index (χ1) is 9.74. The lowest BCUT2D eigenvalue weighted by Gasteiger charge is -2.06. The summed E-state index contributed by atoms with van der Waals surface area (Å²) in [5.74, 6) is 0. The molecule has 1 aromatic carbocycles. The van der Waals surface area contributed by atoms with E-state index < -0.39 is 0 Å². The van der Waals surface area contributed by atoms with Crippen LogP contribution in [0.5, 0.6) is 0 Å². The highest BCUT2D eigenvalue weighted by atomic mass is 32.1. The summed E-state index contributed by atoms with van der Waals surface area (Å²) in [5, 5.41) is 10.7. The highest BCUT2D eigenvalue weighted by Gasteiger charge is 2.04. The minimum atomic E-state index is 0.788. The lowest BCUT2D eigenvalue weighted by Crippen LogP contribution is -2.01. The molecule has 0 fully saturated rings. The van der Waals surface area contributed by atoms with Gasteiger partial charge in [0, 0.05) is 47.7 Å². The van der Waals surface area contributed by atoms with Gasteiger partial charge >= 0.3 is 0 Å². The molecule has 0 saturated carbocycles. The van der Waals surface area contributed by atoms with Crippen LogP contribution in [0.4, 0.5) is 5.69 Å². The maximum Gasteiger partial charge on any atom is 0.123 e. The Hall–Kier alpha value is -2.14. The summed E-state index contributed by atoms with van der Waals surface area (Å²) in [7, 11) is 1.96. The Balaban J connectivity index is 1.68. The molecule has 102 valence electrons. The number of hydrogen-bond acceptors (Lipinski definition) is 4. The van der Waals surface area contributed by atoms with Crippen LogP contribution in [0.15, 0.2) is 42.0 Å². The fourth-order valence-corrected chi connectivity index (χ4v) is 2.66. The van der Waals surface area contributed by atoms with Crippen molar-refractivity contribution in [2.75, 3.05) is 5.32 Å². The maximum absolute atomic E-state index is 4.31. The summed E-state index contributed by atoms with van der Waals surface area (Å²) in [6.07, 6.45) is 3.74. The van der Waals surface area contributed by atoms with E-state index in [-0.39, 0.29) is 0 Å². The number of nitrogens with zero attached hydrogens (tertiary/aromatic N) is 3. The Labute approximate surface area is 122 Å². The predicted molar refractivity (Wildman–Crippen MR) is 82.8 cm³/mol. The van der Waals surface area contributed by atoms with Crippen LogP contribution >= 0.6 is 11.3 Å². The van der Waals surface area contributed by atoms with Crippen molar-refractivity contribution in [3.8, 4) is 10.6 Å². The van der Waals surface area contributed by atoms with Crippen LogP contribution in [0.3, 0.4) is 0 Å². The van der Waals surface area contributed by atoms with Crippen molar-refractivity contribution in [3.63, 3.8) is 0 Å². The minimum absolute atomic E-state index is 0.788. The number of rotatable bonds is 4. The van der Waals surface area contributed by atoms with Crippen LogP contribution < -0.4 is 5.32 Å². The molecule has 0 aliphatic carbocycles. The number of nitrogens with one attached hydrogen (secondary N) is 1. The van der Waals surface area contributed by atoms with Crippen molar-refractivity contribution >= 4 is 17.0 Å². The third-order valence-electron chi connectivity index (χ3n) is 3.38. The zero-order valence-corrected chi connectivity index (χ0v) is 12.3. The third kappa shape index (κ3) is 2.58. The van der Waals surface area contributed by atoms with E-state index in [1.807, 2.05) is 29.5 Å². The molecule has 5 heteroatoms. The second-order valence-corrected chi connectivity index (χ2v) is 5.54. The van der Waals surface area contributed by atoms with Crippen LogP contribution in [-0.2, 0) is 13.6 Å². The van der Waals surface area contributed by atoms with Crippen LogP contribution in [0.2, 0.25) is 0 Å². The molecule has 0 atom stereocenters. The Kier molecular flexibility index (Phi) is 3.52. The second-order valence-electron chi connectivity index (χ2n) is 4.65. The van der Waals surface area contributed by atoms with Gasteiger partial charge in [0.15, 0.2) is 0 Å². The van der Waals surface area contributed by atoms with Crippen molar-refractivity contribution in [1.29, 1.82) is 0 Å². The van der Waals surface area contributed by atoms with Crippen molar-refractivity contribution in [1.82, 2.24) is 14.8 Å². The van der Waals surface area contributed by atoms with E-state index in [1.54, 1.807) is 11.3 Å². The zero-order chi connectivity index (χ0) is 13.9. The van der Waals surface area contributed by atoms with Crippen molar-refractivity contribution < 1.29 is 0 Å². The molecule has 2 heterocycles. The zero-order valence-electron chi connectivity index (χ0n) is 11.5. The van der Waals surface area contributed by atoms with E-state index in [9.17, 15) is 0 Å². The normalized spacial score (nSPS) is 10.7. The number of benzene rings is 1. The summed E-state index contributed by atoms with van der Waals surface area (Å²) in [6.45, 7) is 2.87. The summed E-state index contributed by atoms with van der Waals surface area (Å²) in [5.41, 5.74) is 4.67. The molecule has 0 amide bonds. The van der Waals surface area contributed by atoms with Crippen molar-refractivity contribution in [2.45, 2.75) is 13.5 Å². The average molecular weight is 284 g/mol. The first kappa shape index (κ1) is 12.9. The molecule has 0 unspecified atom stereocenters. The van der Waals surface area contributed by atoms with Gasteiger partial charge < -0.3 is 5.32 Å². The van der Waals surface area contributed by atoms with Crippen LogP contribution in [0, 0.1) is 6.92 Å². The van der Waals surface area contributed by atoms with Crippen LogP contribution in [0.25, 0.3) is 10.6 Å². The van der Waals surface area contributed by atoms with Crippen LogP contribution in [-0.4, -0.2) is 14.8 Å².